The van der Waals surface area contributed by atoms with Crippen LogP contribution in [0.3, 0.4) is 0 Å². The lowest BCUT2D eigenvalue weighted by molar-refractivity contribution is 0.142. The van der Waals surface area contributed by atoms with Gasteiger partial charge in [-0.1, -0.05) is 0 Å². The van der Waals surface area contributed by atoms with E-state index in [4.69, 9.17) is 4.74 Å². The Balaban J connectivity index is 1.83. The van der Waals surface area contributed by atoms with Crippen LogP contribution in [0.25, 0.3) is 0 Å². The van der Waals surface area contributed by atoms with Crippen molar-refractivity contribution in [2.45, 2.75) is 33.4 Å². The van der Waals surface area contributed by atoms with Crippen LogP contribution in [-0.2, 0) is 17.8 Å². The van der Waals surface area contributed by atoms with Gasteiger partial charge in [0.1, 0.15) is 0 Å². The van der Waals surface area contributed by atoms with E-state index in [0.29, 0.717) is 0 Å². The van der Waals surface area contributed by atoms with Gasteiger partial charge in [-0.15, -0.1) is 0 Å². The van der Waals surface area contributed by atoms with E-state index in [1.54, 1.807) is 11.3 Å². The number of nitrogens with zero attached hydrogens (tertiary/aromatic N) is 2. The lowest BCUT2D eigenvalue weighted by Gasteiger charge is -2.09. The fraction of sp³-hybridized carbons (Fsp3) is 0.500. The smallest absolute Gasteiger partial charge is 0.203 e. The zero-order chi connectivity index (χ0) is 13.5. The van der Waals surface area contributed by atoms with Gasteiger partial charge < -0.3 is 14.6 Å². The number of aryl methyl sites for hydroxylation is 2. The van der Waals surface area contributed by atoms with Crippen LogP contribution in [0.5, 0.6) is 0 Å². The maximum atomic E-state index is 5.35. The van der Waals surface area contributed by atoms with Crippen molar-refractivity contribution in [1.29, 1.82) is 0 Å². The molecule has 19 heavy (non-hydrogen) atoms. The molecule has 0 aliphatic carbocycles. The normalized spacial score (nSPS) is 10.8. The Labute approximate surface area is 118 Å². The molecule has 0 bridgehead atoms. The van der Waals surface area contributed by atoms with Crippen LogP contribution in [0.2, 0.25) is 0 Å². The highest BCUT2D eigenvalue weighted by Crippen LogP contribution is 2.15. The number of ether oxygens (including phenoxy) is 1. The predicted molar refractivity (Wildman–Crippen MR) is 79.7 cm³/mol. The van der Waals surface area contributed by atoms with Gasteiger partial charge in [-0.2, -0.15) is 11.3 Å². The van der Waals surface area contributed by atoms with Crippen LogP contribution < -0.4 is 5.32 Å². The number of hydrogen-bond donors (Lipinski definition) is 1. The maximum absolute atomic E-state index is 5.35. The first-order chi connectivity index (χ1) is 9.31. The Bertz CT molecular complexity index is 492. The molecular weight excluding hydrogens is 258 g/mol. The molecule has 0 saturated carbocycles. The highest BCUT2D eigenvalue weighted by Gasteiger charge is 2.04. The van der Waals surface area contributed by atoms with Gasteiger partial charge in [0.2, 0.25) is 5.95 Å². The first-order valence-corrected chi connectivity index (χ1v) is 7.60. The van der Waals surface area contributed by atoms with E-state index >= 15 is 0 Å². The Kier molecular flexibility index (Phi) is 5.42. The molecule has 0 aromatic carbocycles. The van der Waals surface area contributed by atoms with Crippen molar-refractivity contribution in [2.24, 2.45) is 0 Å². The average Bonchev–Trinajstić information content (AvgIpc) is 3.01. The van der Waals surface area contributed by atoms with E-state index in [1.807, 2.05) is 19.3 Å². The Hall–Kier alpha value is -1.33. The van der Waals surface area contributed by atoms with E-state index in [-0.39, 0.29) is 0 Å². The molecular formula is C14H21N3OS. The average molecular weight is 279 g/mol. The minimum atomic E-state index is 0.784. The Morgan fingerprint density at radius 1 is 1.42 bits per heavy atom. The van der Waals surface area contributed by atoms with Crippen LogP contribution in [0.1, 0.15) is 24.5 Å². The van der Waals surface area contributed by atoms with Gasteiger partial charge in [0, 0.05) is 38.7 Å². The van der Waals surface area contributed by atoms with Gasteiger partial charge in [0.25, 0.3) is 0 Å². The molecule has 2 aromatic heterocycles. The molecule has 0 aliphatic heterocycles. The molecule has 1 N–H and O–H groups in total. The van der Waals surface area contributed by atoms with Crippen LogP contribution in [-0.4, -0.2) is 22.8 Å². The van der Waals surface area contributed by atoms with Crippen molar-refractivity contribution in [1.82, 2.24) is 9.55 Å². The number of rotatable bonds is 8. The summed E-state index contributed by atoms with van der Waals surface area (Å²) in [5.41, 5.74) is 2.68. The second-order valence-corrected chi connectivity index (χ2v) is 5.17. The van der Waals surface area contributed by atoms with Gasteiger partial charge in [-0.25, -0.2) is 4.98 Å². The van der Waals surface area contributed by atoms with Crippen molar-refractivity contribution in [3.63, 3.8) is 0 Å². The lowest BCUT2D eigenvalue weighted by Crippen LogP contribution is -2.09. The third-order valence-corrected chi connectivity index (χ3v) is 3.92. The number of imidazole rings is 1. The van der Waals surface area contributed by atoms with Gasteiger partial charge in [0.05, 0.1) is 0 Å². The SMILES string of the molecule is CCOCCCn1ccnc1NCc1cscc1C. The fourth-order valence-corrected chi connectivity index (χ4v) is 2.74. The molecule has 0 fully saturated rings. The number of hydrogen-bond acceptors (Lipinski definition) is 4. The van der Waals surface area contributed by atoms with Crippen LogP contribution in [0.15, 0.2) is 23.2 Å². The lowest BCUT2D eigenvalue weighted by atomic mass is 10.2. The fourth-order valence-electron chi connectivity index (χ4n) is 1.88. The number of anilines is 1. The topological polar surface area (TPSA) is 39.1 Å². The minimum Gasteiger partial charge on any atom is -0.382 e. The van der Waals surface area contributed by atoms with Crippen LogP contribution in [0.4, 0.5) is 5.95 Å². The number of thiophene rings is 1. The summed E-state index contributed by atoms with van der Waals surface area (Å²) in [7, 11) is 0. The summed E-state index contributed by atoms with van der Waals surface area (Å²) in [6, 6.07) is 0. The van der Waals surface area contributed by atoms with Gasteiger partial charge >= 0.3 is 0 Å². The molecule has 0 amide bonds. The summed E-state index contributed by atoms with van der Waals surface area (Å²) in [5, 5.41) is 7.75. The van der Waals surface area contributed by atoms with Crippen molar-refractivity contribution >= 4 is 17.3 Å². The first kappa shape index (κ1) is 14.1. The zero-order valence-corrected chi connectivity index (χ0v) is 12.4. The van der Waals surface area contributed by atoms with Gasteiger partial charge in [0.15, 0.2) is 0 Å². The standard InChI is InChI=1S/C14H21N3OS/c1-3-18-8-4-6-17-7-5-15-14(17)16-9-13-11-19-10-12(13)2/h5,7,10-11H,3-4,6,8-9H2,1-2H3,(H,15,16). The summed E-state index contributed by atoms with van der Waals surface area (Å²) in [6.45, 7) is 7.52. The number of nitrogens with one attached hydrogen (secondary N) is 1. The highest BCUT2D eigenvalue weighted by atomic mass is 32.1. The first-order valence-electron chi connectivity index (χ1n) is 6.65. The quantitative estimate of drug-likeness (QED) is 0.754. The van der Waals surface area contributed by atoms with Crippen molar-refractivity contribution < 1.29 is 4.74 Å². The molecule has 5 heteroatoms. The molecule has 0 saturated heterocycles. The molecule has 104 valence electrons. The summed E-state index contributed by atoms with van der Waals surface area (Å²) < 4.78 is 7.49. The maximum Gasteiger partial charge on any atom is 0.203 e. The molecule has 0 radical (unpaired) electrons. The molecule has 0 unspecified atom stereocenters. The van der Waals surface area contributed by atoms with E-state index in [0.717, 1.165) is 38.7 Å². The molecule has 4 nitrogen and oxygen atoms in total. The number of aromatic nitrogens is 2. The summed E-state index contributed by atoms with van der Waals surface area (Å²) >= 11 is 1.74. The van der Waals surface area contributed by atoms with E-state index in [2.05, 4.69) is 32.6 Å². The molecule has 0 atom stereocenters. The van der Waals surface area contributed by atoms with Gasteiger partial charge in [-0.05, 0) is 42.2 Å². The largest absolute Gasteiger partial charge is 0.382 e. The summed E-state index contributed by atoms with van der Waals surface area (Å²) in [6.07, 6.45) is 4.86. The summed E-state index contributed by atoms with van der Waals surface area (Å²) in [5.74, 6) is 0.932. The van der Waals surface area contributed by atoms with Crippen LogP contribution >= 0.6 is 11.3 Å². The molecule has 2 heterocycles. The predicted octanol–water partition coefficient (Wildman–Crippen LogP) is 3.29. The monoisotopic (exact) mass is 279 g/mol. The molecule has 0 spiro atoms. The zero-order valence-electron chi connectivity index (χ0n) is 11.6. The Morgan fingerprint density at radius 3 is 3.05 bits per heavy atom. The van der Waals surface area contributed by atoms with E-state index in [9.17, 15) is 0 Å². The van der Waals surface area contributed by atoms with Crippen molar-refractivity contribution in [2.75, 3.05) is 18.5 Å². The van der Waals surface area contributed by atoms with E-state index in [1.165, 1.54) is 11.1 Å². The molecule has 2 rings (SSSR count). The minimum absolute atomic E-state index is 0.784. The highest BCUT2D eigenvalue weighted by molar-refractivity contribution is 7.08. The van der Waals surface area contributed by atoms with Crippen LogP contribution in [0, 0.1) is 6.92 Å². The summed E-state index contributed by atoms with van der Waals surface area (Å²) in [4.78, 5) is 4.36. The molecule has 2 aromatic rings. The third kappa shape index (κ3) is 4.08. The van der Waals surface area contributed by atoms with Gasteiger partial charge in [-0.3, -0.25) is 0 Å². The van der Waals surface area contributed by atoms with Crippen molar-refractivity contribution in [3.05, 3.63) is 34.3 Å². The Morgan fingerprint density at radius 2 is 2.32 bits per heavy atom. The van der Waals surface area contributed by atoms with E-state index < -0.39 is 0 Å². The second-order valence-electron chi connectivity index (χ2n) is 4.43. The van der Waals surface area contributed by atoms with Crippen molar-refractivity contribution in [3.8, 4) is 0 Å². The second kappa shape index (κ2) is 7.31. The third-order valence-electron chi connectivity index (χ3n) is 3.01. The molecule has 0 aliphatic rings.